The van der Waals surface area contributed by atoms with Gasteiger partial charge in [-0.1, -0.05) is 19.9 Å². The van der Waals surface area contributed by atoms with E-state index in [9.17, 15) is 15.0 Å². The molecule has 6 nitrogen and oxygen atoms in total. The molecule has 0 bridgehead atoms. The van der Waals surface area contributed by atoms with Crippen LogP contribution in [0.5, 0.6) is 11.5 Å². The fourth-order valence-electron chi connectivity index (χ4n) is 1.66. The third kappa shape index (κ3) is 6.46. The summed E-state index contributed by atoms with van der Waals surface area (Å²) < 4.78 is 10.3. The van der Waals surface area contributed by atoms with Crippen LogP contribution in [0.2, 0.25) is 0 Å². The molecule has 4 N–H and O–H groups in total. The molecule has 21 heavy (non-hydrogen) atoms. The molecule has 0 spiro atoms. The second-order valence-electron chi connectivity index (χ2n) is 5.27. The monoisotopic (exact) mass is 297 g/mol. The number of phenolic OH excluding ortho intramolecular Hbond substituents is 2. The molecule has 0 aliphatic carbocycles. The van der Waals surface area contributed by atoms with Crippen molar-refractivity contribution in [3.63, 3.8) is 0 Å². The number of esters is 1. The number of hydrogen-bond acceptors (Lipinski definition) is 6. The molecule has 0 fully saturated rings. The molecule has 0 radical (unpaired) electrons. The molecule has 0 saturated carbocycles. The number of hydrogen-bond donors (Lipinski definition) is 3. The molecule has 1 unspecified atom stereocenters. The van der Waals surface area contributed by atoms with Gasteiger partial charge in [0.25, 0.3) is 0 Å². The van der Waals surface area contributed by atoms with Gasteiger partial charge in [0, 0.05) is 6.61 Å². The van der Waals surface area contributed by atoms with Crippen molar-refractivity contribution in [3.05, 3.63) is 23.8 Å². The van der Waals surface area contributed by atoms with Crippen molar-refractivity contribution in [1.82, 2.24) is 0 Å². The molecule has 0 aliphatic heterocycles. The first-order valence-corrected chi connectivity index (χ1v) is 6.91. The molecule has 118 valence electrons. The Hall–Kier alpha value is -1.79. The van der Waals surface area contributed by atoms with Crippen LogP contribution in [0.25, 0.3) is 0 Å². The zero-order valence-electron chi connectivity index (χ0n) is 12.4. The Morgan fingerprint density at radius 3 is 2.57 bits per heavy atom. The smallest absolute Gasteiger partial charge is 0.323 e. The zero-order chi connectivity index (χ0) is 15.8. The van der Waals surface area contributed by atoms with Gasteiger partial charge in [-0.2, -0.15) is 0 Å². The number of benzene rings is 1. The Balaban J connectivity index is 2.32. The van der Waals surface area contributed by atoms with Crippen LogP contribution in [0.4, 0.5) is 0 Å². The van der Waals surface area contributed by atoms with Gasteiger partial charge in [-0.3, -0.25) is 4.79 Å². The lowest BCUT2D eigenvalue weighted by atomic mass is 10.1. The van der Waals surface area contributed by atoms with Gasteiger partial charge in [-0.25, -0.2) is 0 Å². The second kappa shape index (κ2) is 8.49. The minimum atomic E-state index is -0.820. The Morgan fingerprint density at radius 1 is 1.24 bits per heavy atom. The van der Waals surface area contributed by atoms with Crippen molar-refractivity contribution in [1.29, 1.82) is 0 Å². The number of ether oxygens (including phenoxy) is 2. The average Bonchev–Trinajstić information content (AvgIpc) is 2.42. The first-order valence-electron chi connectivity index (χ1n) is 6.91. The molecule has 0 amide bonds. The molecule has 1 aromatic carbocycles. The third-order valence-corrected chi connectivity index (χ3v) is 2.72. The molecule has 1 aromatic rings. The van der Waals surface area contributed by atoms with Gasteiger partial charge in [0.05, 0.1) is 6.61 Å². The molecule has 6 heteroatoms. The third-order valence-electron chi connectivity index (χ3n) is 2.72. The van der Waals surface area contributed by atoms with Gasteiger partial charge in [0.15, 0.2) is 11.5 Å². The fourth-order valence-corrected chi connectivity index (χ4v) is 1.66. The number of nitrogens with two attached hydrogens (primary N) is 1. The predicted molar refractivity (Wildman–Crippen MR) is 78.1 cm³/mol. The van der Waals surface area contributed by atoms with E-state index >= 15 is 0 Å². The topological polar surface area (TPSA) is 102 Å². The van der Waals surface area contributed by atoms with E-state index in [0.29, 0.717) is 24.7 Å². The van der Waals surface area contributed by atoms with Gasteiger partial charge < -0.3 is 25.4 Å². The van der Waals surface area contributed by atoms with Crippen molar-refractivity contribution in [2.45, 2.75) is 26.3 Å². The highest BCUT2D eigenvalue weighted by molar-refractivity contribution is 5.75. The first-order chi connectivity index (χ1) is 9.90. The van der Waals surface area contributed by atoms with Crippen LogP contribution in [-0.2, 0) is 20.7 Å². The Morgan fingerprint density at radius 2 is 1.95 bits per heavy atom. The molecule has 0 aromatic heterocycles. The number of rotatable bonds is 8. The lowest BCUT2D eigenvalue weighted by Gasteiger charge is -2.12. The number of phenols is 2. The van der Waals surface area contributed by atoms with E-state index in [0.717, 1.165) is 0 Å². The first kappa shape index (κ1) is 17.3. The zero-order valence-corrected chi connectivity index (χ0v) is 12.4. The summed E-state index contributed by atoms with van der Waals surface area (Å²) in [5, 5.41) is 18.6. The van der Waals surface area contributed by atoms with Crippen molar-refractivity contribution < 1.29 is 24.5 Å². The summed E-state index contributed by atoms with van der Waals surface area (Å²) in [4.78, 5) is 11.7. The van der Waals surface area contributed by atoms with Crippen molar-refractivity contribution in [3.8, 4) is 11.5 Å². The lowest BCUT2D eigenvalue weighted by molar-refractivity contribution is -0.146. The van der Waals surface area contributed by atoms with Gasteiger partial charge in [-0.15, -0.1) is 0 Å². The predicted octanol–water partition coefficient (Wildman–Crippen LogP) is 1.18. The highest BCUT2D eigenvalue weighted by atomic mass is 16.6. The van der Waals surface area contributed by atoms with Crippen molar-refractivity contribution in [2.24, 2.45) is 11.7 Å². The lowest BCUT2D eigenvalue weighted by Crippen LogP contribution is -2.35. The Labute approximate surface area is 124 Å². The summed E-state index contributed by atoms with van der Waals surface area (Å²) in [6, 6.07) is 3.49. The Bertz CT molecular complexity index is 461. The van der Waals surface area contributed by atoms with E-state index in [4.69, 9.17) is 15.2 Å². The second-order valence-corrected chi connectivity index (χ2v) is 5.27. The maximum Gasteiger partial charge on any atom is 0.323 e. The van der Waals surface area contributed by atoms with E-state index in [1.54, 1.807) is 6.07 Å². The summed E-state index contributed by atoms with van der Waals surface area (Å²) in [6.45, 7) is 5.21. The molecular weight excluding hydrogens is 274 g/mol. The van der Waals surface area contributed by atoms with Crippen LogP contribution >= 0.6 is 0 Å². The molecule has 0 saturated heterocycles. The van der Waals surface area contributed by atoms with Crippen molar-refractivity contribution in [2.75, 3.05) is 19.8 Å². The minimum Gasteiger partial charge on any atom is -0.504 e. The highest BCUT2D eigenvalue weighted by Gasteiger charge is 2.16. The van der Waals surface area contributed by atoms with E-state index in [-0.39, 0.29) is 24.5 Å². The summed E-state index contributed by atoms with van der Waals surface area (Å²) in [7, 11) is 0. The van der Waals surface area contributed by atoms with E-state index in [1.807, 2.05) is 13.8 Å². The molecule has 1 rings (SSSR count). The summed E-state index contributed by atoms with van der Waals surface area (Å²) in [5.74, 6) is -0.534. The molecule has 0 aliphatic rings. The van der Waals surface area contributed by atoms with Crippen LogP contribution < -0.4 is 5.73 Å². The summed E-state index contributed by atoms with van der Waals surface area (Å²) >= 11 is 0. The van der Waals surface area contributed by atoms with Crippen LogP contribution in [0.3, 0.4) is 0 Å². The highest BCUT2D eigenvalue weighted by Crippen LogP contribution is 2.25. The number of aromatic hydroxyl groups is 2. The van der Waals surface area contributed by atoms with Crippen LogP contribution in [0.15, 0.2) is 18.2 Å². The SMILES string of the molecule is CC(C)COCCOC(=O)C(N)Cc1ccc(O)c(O)c1. The summed E-state index contributed by atoms with van der Waals surface area (Å²) in [6.07, 6.45) is 0.222. The molecule has 0 heterocycles. The normalized spacial score (nSPS) is 12.4. The van der Waals surface area contributed by atoms with Gasteiger partial charge >= 0.3 is 5.97 Å². The number of carbonyl (C=O) groups excluding carboxylic acids is 1. The standard InChI is InChI=1S/C15H23NO5/c1-10(2)9-20-5-6-21-15(19)12(16)7-11-3-4-13(17)14(18)8-11/h3-4,8,10,12,17-18H,5-7,9,16H2,1-2H3. The number of carbonyl (C=O) groups is 1. The summed E-state index contributed by atoms with van der Waals surface area (Å²) in [5.41, 5.74) is 6.39. The van der Waals surface area contributed by atoms with Gasteiger partial charge in [0.1, 0.15) is 12.6 Å². The maximum atomic E-state index is 11.7. The maximum absolute atomic E-state index is 11.7. The van der Waals surface area contributed by atoms with Crippen molar-refractivity contribution >= 4 is 5.97 Å². The van der Waals surface area contributed by atoms with Crippen LogP contribution in [0.1, 0.15) is 19.4 Å². The fraction of sp³-hybridized carbons (Fsp3) is 0.533. The van der Waals surface area contributed by atoms with Gasteiger partial charge in [0.2, 0.25) is 0 Å². The van der Waals surface area contributed by atoms with Crippen LogP contribution in [-0.4, -0.2) is 42.0 Å². The van der Waals surface area contributed by atoms with E-state index < -0.39 is 12.0 Å². The van der Waals surface area contributed by atoms with Crippen LogP contribution in [0, 0.1) is 5.92 Å². The molecule has 1 atom stereocenters. The van der Waals surface area contributed by atoms with E-state index in [1.165, 1.54) is 12.1 Å². The largest absolute Gasteiger partial charge is 0.504 e. The minimum absolute atomic E-state index is 0.167. The average molecular weight is 297 g/mol. The van der Waals surface area contributed by atoms with E-state index in [2.05, 4.69) is 0 Å². The van der Waals surface area contributed by atoms with Gasteiger partial charge in [-0.05, 0) is 30.0 Å². The molecular formula is C15H23NO5. The Kier molecular flexibility index (Phi) is 6.98. The quantitative estimate of drug-likeness (QED) is 0.378.